The predicted octanol–water partition coefficient (Wildman–Crippen LogP) is 1.57. The first-order valence-corrected chi connectivity index (χ1v) is 5.31. The molecule has 17 heavy (non-hydrogen) atoms. The first kappa shape index (κ1) is 13.0. The predicted molar refractivity (Wildman–Crippen MR) is 65.8 cm³/mol. The summed E-state index contributed by atoms with van der Waals surface area (Å²) in [5, 5.41) is 14.6. The fraction of sp³-hybridized carbons (Fsp3) is 0.333. The van der Waals surface area contributed by atoms with E-state index >= 15 is 0 Å². The Kier molecular flexibility index (Phi) is 4.98. The van der Waals surface area contributed by atoms with Crippen molar-refractivity contribution in [3.05, 3.63) is 23.8 Å². The highest BCUT2D eigenvalue weighted by atomic mass is 16.5. The third-order valence-corrected chi connectivity index (χ3v) is 2.16. The number of rotatable bonds is 5. The Balaban J connectivity index is 2.84. The largest absolute Gasteiger partial charge is 0.387 e. The highest BCUT2D eigenvalue weighted by Crippen LogP contribution is 2.22. The van der Waals surface area contributed by atoms with Gasteiger partial charge in [-0.15, -0.1) is 0 Å². The minimum absolute atomic E-state index is 0.00878. The van der Waals surface area contributed by atoms with E-state index < -0.39 is 0 Å². The normalized spacial score (nSPS) is 9.47. The summed E-state index contributed by atoms with van der Waals surface area (Å²) in [7, 11) is 1.72. The highest BCUT2D eigenvalue weighted by molar-refractivity contribution is 5.94. The Labute approximate surface area is 100 Å². The summed E-state index contributed by atoms with van der Waals surface area (Å²) in [4.78, 5) is 11.5. The molecule has 0 aliphatic carbocycles. The Morgan fingerprint density at radius 2 is 2.18 bits per heavy atom. The number of nitrogens with zero attached hydrogens (tertiary/aromatic N) is 1. The maximum atomic E-state index is 11.5. The maximum absolute atomic E-state index is 11.5. The van der Waals surface area contributed by atoms with Gasteiger partial charge in [0.2, 0.25) is 5.91 Å². The fourth-order valence-electron chi connectivity index (χ4n) is 1.37. The average Bonchev–Trinajstić information content (AvgIpc) is 2.35. The zero-order valence-electron chi connectivity index (χ0n) is 9.91. The van der Waals surface area contributed by atoms with Gasteiger partial charge in [-0.05, 0) is 19.1 Å². The Hall–Kier alpha value is -2.06. The van der Waals surface area contributed by atoms with Gasteiger partial charge in [0, 0.05) is 13.7 Å². The van der Waals surface area contributed by atoms with Gasteiger partial charge in [-0.2, -0.15) is 5.26 Å². The molecule has 0 saturated carbocycles. The van der Waals surface area contributed by atoms with Crippen LogP contribution in [-0.4, -0.2) is 26.2 Å². The van der Waals surface area contributed by atoms with Crippen LogP contribution in [0.4, 0.5) is 11.4 Å². The van der Waals surface area contributed by atoms with E-state index in [0.29, 0.717) is 23.5 Å². The van der Waals surface area contributed by atoms with Crippen molar-refractivity contribution in [2.24, 2.45) is 0 Å². The number of carbonyl (C=O) groups excluding carboxylic acids is 1. The lowest BCUT2D eigenvalue weighted by Gasteiger charge is -2.10. The van der Waals surface area contributed by atoms with Crippen LogP contribution in [0.25, 0.3) is 0 Å². The van der Waals surface area contributed by atoms with Crippen LogP contribution in [0.2, 0.25) is 0 Å². The third kappa shape index (κ3) is 3.47. The van der Waals surface area contributed by atoms with E-state index in [2.05, 4.69) is 16.7 Å². The van der Waals surface area contributed by atoms with Gasteiger partial charge in [0.1, 0.15) is 12.7 Å². The van der Waals surface area contributed by atoms with Crippen molar-refractivity contribution in [1.29, 1.82) is 5.26 Å². The number of hydrogen-bond acceptors (Lipinski definition) is 4. The van der Waals surface area contributed by atoms with E-state index in [4.69, 9.17) is 10.00 Å². The van der Waals surface area contributed by atoms with Crippen LogP contribution in [0.3, 0.4) is 0 Å². The molecule has 0 saturated heterocycles. The van der Waals surface area contributed by atoms with E-state index in [1.165, 1.54) is 0 Å². The molecule has 0 aromatic heterocycles. The lowest BCUT2D eigenvalue weighted by atomic mass is 10.1. The minimum Gasteiger partial charge on any atom is -0.387 e. The van der Waals surface area contributed by atoms with Gasteiger partial charge >= 0.3 is 0 Å². The number of nitrogens with one attached hydrogen (secondary N) is 2. The van der Waals surface area contributed by atoms with Crippen molar-refractivity contribution in [1.82, 2.24) is 0 Å². The van der Waals surface area contributed by atoms with E-state index in [-0.39, 0.29) is 12.5 Å². The molecule has 2 N–H and O–H groups in total. The second-order valence-corrected chi connectivity index (χ2v) is 3.28. The first-order chi connectivity index (χ1) is 8.22. The van der Waals surface area contributed by atoms with Gasteiger partial charge in [0.25, 0.3) is 0 Å². The number of amides is 1. The molecular weight excluding hydrogens is 218 g/mol. The summed E-state index contributed by atoms with van der Waals surface area (Å²) in [5.74, 6) is -0.267. The molecule has 1 amide bonds. The summed E-state index contributed by atoms with van der Waals surface area (Å²) >= 11 is 0. The monoisotopic (exact) mass is 233 g/mol. The third-order valence-electron chi connectivity index (χ3n) is 2.16. The molecule has 1 rings (SSSR count). The zero-order valence-corrected chi connectivity index (χ0v) is 9.91. The van der Waals surface area contributed by atoms with E-state index in [0.717, 1.165) is 0 Å². The lowest BCUT2D eigenvalue weighted by molar-refractivity contribution is -0.120. The average molecular weight is 233 g/mol. The van der Waals surface area contributed by atoms with Crippen molar-refractivity contribution in [3.63, 3.8) is 0 Å². The SMILES string of the molecule is CCOCC(=O)Nc1cccc(NC)c1C#N. The number of benzene rings is 1. The fourth-order valence-corrected chi connectivity index (χ4v) is 1.37. The van der Waals surface area contributed by atoms with Crippen molar-refractivity contribution in [2.45, 2.75) is 6.92 Å². The summed E-state index contributed by atoms with van der Waals surface area (Å²) in [6, 6.07) is 7.28. The van der Waals surface area contributed by atoms with Crippen LogP contribution in [0, 0.1) is 11.3 Å². The van der Waals surface area contributed by atoms with Crippen molar-refractivity contribution in [2.75, 3.05) is 30.9 Å². The number of carbonyl (C=O) groups is 1. The summed E-state index contributed by atoms with van der Waals surface area (Å²) in [6.45, 7) is 2.29. The molecule has 0 atom stereocenters. The van der Waals surface area contributed by atoms with Gasteiger partial charge in [-0.1, -0.05) is 6.07 Å². The van der Waals surface area contributed by atoms with Crippen LogP contribution in [0.5, 0.6) is 0 Å². The first-order valence-electron chi connectivity index (χ1n) is 5.31. The number of anilines is 2. The van der Waals surface area contributed by atoms with Crippen LogP contribution < -0.4 is 10.6 Å². The van der Waals surface area contributed by atoms with Crippen LogP contribution >= 0.6 is 0 Å². The summed E-state index contributed by atoms with van der Waals surface area (Å²) in [5.41, 5.74) is 1.59. The molecule has 5 heteroatoms. The van der Waals surface area contributed by atoms with E-state index in [1.54, 1.807) is 25.2 Å². The van der Waals surface area contributed by atoms with Crippen LogP contribution in [-0.2, 0) is 9.53 Å². The van der Waals surface area contributed by atoms with Crippen molar-refractivity contribution >= 4 is 17.3 Å². The van der Waals surface area contributed by atoms with Crippen LogP contribution in [0.15, 0.2) is 18.2 Å². The molecular formula is C12H15N3O2. The number of nitriles is 1. The summed E-state index contributed by atoms with van der Waals surface area (Å²) in [6.07, 6.45) is 0. The molecule has 5 nitrogen and oxygen atoms in total. The standard InChI is InChI=1S/C12H15N3O2/c1-3-17-8-12(16)15-11-6-4-5-10(14-2)9(11)7-13/h4-6,14H,3,8H2,1-2H3,(H,15,16). The Morgan fingerprint density at radius 3 is 2.76 bits per heavy atom. The van der Waals surface area contributed by atoms with E-state index in [9.17, 15) is 4.79 Å². The second kappa shape index (κ2) is 6.51. The molecule has 0 aliphatic heterocycles. The molecule has 1 aromatic rings. The van der Waals surface area contributed by atoms with Crippen molar-refractivity contribution < 1.29 is 9.53 Å². The molecule has 0 bridgehead atoms. The zero-order chi connectivity index (χ0) is 12.7. The van der Waals surface area contributed by atoms with Crippen molar-refractivity contribution in [3.8, 4) is 6.07 Å². The van der Waals surface area contributed by atoms with Crippen LogP contribution in [0.1, 0.15) is 12.5 Å². The molecule has 0 fully saturated rings. The summed E-state index contributed by atoms with van der Waals surface area (Å²) < 4.78 is 4.99. The van der Waals surface area contributed by atoms with Gasteiger partial charge in [-0.25, -0.2) is 0 Å². The maximum Gasteiger partial charge on any atom is 0.250 e. The van der Waals surface area contributed by atoms with Gasteiger partial charge in [0.15, 0.2) is 0 Å². The highest BCUT2D eigenvalue weighted by Gasteiger charge is 2.09. The minimum atomic E-state index is -0.267. The van der Waals surface area contributed by atoms with Gasteiger partial charge in [0.05, 0.1) is 16.9 Å². The van der Waals surface area contributed by atoms with Gasteiger partial charge in [-0.3, -0.25) is 4.79 Å². The molecule has 0 aliphatic rings. The van der Waals surface area contributed by atoms with Gasteiger partial charge < -0.3 is 15.4 Å². The molecule has 0 radical (unpaired) electrons. The van der Waals surface area contributed by atoms with E-state index in [1.807, 2.05) is 6.92 Å². The lowest BCUT2D eigenvalue weighted by Crippen LogP contribution is -2.19. The quantitative estimate of drug-likeness (QED) is 0.809. The number of hydrogen-bond donors (Lipinski definition) is 2. The Morgan fingerprint density at radius 1 is 1.47 bits per heavy atom. The molecule has 0 unspecified atom stereocenters. The Bertz CT molecular complexity index is 438. The topological polar surface area (TPSA) is 74.2 Å². The second-order valence-electron chi connectivity index (χ2n) is 3.28. The molecule has 90 valence electrons. The molecule has 1 aromatic carbocycles. The molecule has 0 spiro atoms. The number of ether oxygens (including phenoxy) is 1. The smallest absolute Gasteiger partial charge is 0.250 e. The molecule has 0 heterocycles.